The number of piperidine rings is 1. The molecule has 4 heterocycles. The van der Waals surface area contributed by atoms with E-state index in [9.17, 15) is 13.2 Å². The highest BCUT2D eigenvalue weighted by Crippen LogP contribution is 2.42. The quantitative estimate of drug-likeness (QED) is 0.677. The van der Waals surface area contributed by atoms with Gasteiger partial charge in [-0.25, -0.2) is 4.98 Å². The Morgan fingerprint density at radius 2 is 1.93 bits per heavy atom. The van der Waals surface area contributed by atoms with Crippen LogP contribution in [0.15, 0.2) is 36.8 Å². The predicted octanol–water partition coefficient (Wildman–Crippen LogP) is 4.64. The Kier molecular flexibility index (Phi) is 5.52. The van der Waals surface area contributed by atoms with Gasteiger partial charge in [-0.1, -0.05) is 11.6 Å². The zero-order chi connectivity index (χ0) is 20.6. The highest BCUT2D eigenvalue weighted by atomic mass is 35.5. The van der Waals surface area contributed by atoms with Crippen LogP contribution in [0.1, 0.15) is 31.2 Å². The van der Waals surface area contributed by atoms with Crippen LogP contribution in [0, 0.1) is 0 Å². The number of hydrogen-bond acceptors (Lipinski definition) is 4. The molecular weight excluding hydrogens is 423 g/mol. The number of nitrogens with one attached hydrogen (secondary N) is 2. The zero-order valence-electron chi connectivity index (χ0n) is 15.3. The van der Waals surface area contributed by atoms with Crippen LogP contribution in [-0.2, 0) is 6.18 Å². The molecule has 2 aromatic rings. The first-order valence-electron chi connectivity index (χ1n) is 9.30. The molecule has 2 fully saturated rings. The van der Waals surface area contributed by atoms with E-state index >= 15 is 0 Å². The van der Waals surface area contributed by atoms with Crippen molar-refractivity contribution in [3.05, 3.63) is 47.4 Å². The molecule has 0 amide bonds. The summed E-state index contributed by atoms with van der Waals surface area (Å²) in [7, 11) is 0. The second-order valence-electron chi connectivity index (χ2n) is 7.33. The fraction of sp³-hybridized carbons (Fsp3) is 0.421. The first kappa shape index (κ1) is 20.2. The summed E-state index contributed by atoms with van der Waals surface area (Å²) in [4.78, 5) is 10.2. The lowest BCUT2D eigenvalue weighted by molar-refractivity contribution is -0.137. The van der Waals surface area contributed by atoms with Crippen LogP contribution in [-0.4, -0.2) is 33.2 Å². The lowest BCUT2D eigenvalue weighted by Gasteiger charge is -2.40. The maximum absolute atomic E-state index is 12.9. The number of fused-ring (bicyclic) bond motifs is 2. The van der Waals surface area contributed by atoms with Gasteiger partial charge >= 0.3 is 6.18 Å². The van der Waals surface area contributed by atoms with Crippen molar-refractivity contribution >= 4 is 40.4 Å². The first-order valence-corrected chi connectivity index (χ1v) is 10.1. The van der Waals surface area contributed by atoms with Crippen molar-refractivity contribution in [3.63, 3.8) is 0 Å². The van der Waals surface area contributed by atoms with Gasteiger partial charge in [0.05, 0.1) is 22.5 Å². The van der Waals surface area contributed by atoms with E-state index in [1.54, 1.807) is 12.4 Å². The van der Waals surface area contributed by atoms with E-state index in [1.807, 2.05) is 12.1 Å². The molecule has 3 atom stereocenters. The largest absolute Gasteiger partial charge is 0.417 e. The summed E-state index contributed by atoms with van der Waals surface area (Å²) in [6.07, 6.45) is 3.30. The van der Waals surface area contributed by atoms with E-state index in [2.05, 4.69) is 25.5 Å². The minimum absolute atomic E-state index is 0.0388. The second-order valence-corrected chi connectivity index (χ2v) is 8.14. The van der Waals surface area contributed by atoms with Crippen molar-refractivity contribution in [1.29, 1.82) is 0 Å². The van der Waals surface area contributed by atoms with Crippen LogP contribution in [0.3, 0.4) is 0 Å². The van der Waals surface area contributed by atoms with Gasteiger partial charge in [0, 0.05) is 30.5 Å². The monoisotopic (exact) mass is 441 g/mol. The van der Waals surface area contributed by atoms with Crippen molar-refractivity contribution in [2.24, 2.45) is 0 Å². The number of alkyl halides is 3. The molecule has 5 nitrogen and oxygen atoms in total. The molecule has 2 saturated heterocycles. The van der Waals surface area contributed by atoms with Crippen molar-refractivity contribution in [1.82, 2.24) is 15.3 Å². The predicted molar refractivity (Wildman–Crippen MR) is 110 cm³/mol. The fourth-order valence-corrected chi connectivity index (χ4v) is 4.75. The number of halogens is 4. The molecule has 2 N–H and O–H groups in total. The third kappa shape index (κ3) is 4.40. The van der Waals surface area contributed by atoms with Crippen LogP contribution in [0.5, 0.6) is 0 Å². The lowest BCUT2D eigenvalue weighted by Crippen LogP contribution is -2.51. The second kappa shape index (κ2) is 7.95. The van der Waals surface area contributed by atoms with Crippen LogP contribution in [0.2, 0.25) is 5.02 Å². The molecule has 2 bridgehead atoms. The Balaban J connectivity index is 1.42. The highest BCUT2D eigenvalue weighted by Gasteiger charge is 2.43. The van der Waals surface area contributed by atoms with E-state index in [0.29, 0.717) is 10.9 Å². The van der Waals surface area contributed by atoms with Gasteiger partial charge in [-0.2, -0.15) is 13.2 Å². The molecule has 4 rings (SSSR count). The van der Waals surface area contributed by atoms with E-state index < -0.39 is 11.7 Å². The summed E-state index contributed by atoms with van der Waals surface area (Å²) in [5.74, 6) is 0.432. The fourth-order valence-electron chi connectivity index (χ4n) is 4.21. The normalized spacial score (nSPS) is 23.7. The maximum atomic E-state index is 12.9. The van der Waals surface area contributed by atoms with Crippen molar-refractivity contribution in [2.45, 2.75) is 50.0 Å². The molecular formula is C19H19ClF3N5S. The zero-order valence-corrected chi connectivity index (χ0v) is 16.9. The number of pyridine rings is 2. The standard InChI is InChI=1S/C19H19ClF3N5S/c20-16-6-11(19(21,22)23)9-25-17(16)28-14-3-4-15(28)8-13(7-14)27-18(29)26-12-2-1-5-24-10-12/h1-2,5-6,9-10,13-15H,3-4,7-8H2,(H2,26,27,29)/t13?,14-,15+. The van der Waals surface area contributed by atoms with Gasteiger partial charge in [0.2, 0.25) is 0 Å². The number of thiocarbonyl (C=S) groups is 1. The summed E-state index contributed by atoms with van der Waals surface area (Å²) in [6, 6.07) is 5.16. The SMILES string of the molecule is FC(F)(F)c1cnc(N2[C@@H]3CC[C@H]2CC(NC(=S)Nc2cccnc2)C3)c(Cl)c1. The number of hydrogen-bond donors (Lipinski definition) is 2. The molecule has 0 spiro atoms. The molecule has 0 saturated carbocycles. The molecule has 0 radical (unpaired) electrons. The van der Waals surface area contributed by atoms with Gasteiger partial charge in [-0.15, -0.1) is 0 Å². The van der Waals surface area contributed by atoms with Gasteiger partial charge in [0.25, 0.3) is 0 Å². The molecule has 2 aliphatic rings. The van der Waals surface area contributed by atoms with Gasteiger partial charge in [0.15, 0.2) is 5.11 Å². The maximum Gasteiger partial charge on any atom is 0.417 e. The van der Waals surface area contributed by atoms with Gasteiger partial charge in [-0.05, 0) is 56.1 Å². The summed E-state index contributed by atoms with van der Waals surface area (Å²) in [6.45, 7) is 0. The van der Waals surface area contributed by atoms with E-state index in [1.165, 1.54) is 0 Å². The molecule has 10 heteroatoms. The minimum Gasteiger partial charge on any atom is -0.360 e. The molecule has 0 aliphatic carbocycles. The molecule has 29 heavy (non-hydrogen) atoms. The van der Waals surface area contributed by atoms with E-state index in [0.717, 1.165) is 43.6 Å². The number of aromatic nitrogens is 2. The third-order valence-electron chi connectivity index (χ3n) is 5.38. The summed E-state index contributed by atoms with van der Waals surface area (Å²) < 4.78 is 38.7. The summed E-state index contributed by atoms with van der Waals surface area (Å²) in [5.41, 5.74) is -0.0203. The minimum atomic E-state index is -4.46. The van der Waals surface area contributed by atoms with Crippen molar-refractivity contribution in [2.75, 3.05) is 10.2 Å². The third-order valence-corrected chi connectivity index (χ3v) is 5.88. The lowest BCUT2D eigenvalue weighted by atomic mass is 9.97. The van der Waals surface area contributed by atoms with E-state index in [4.69, 9.17) is 23.8 Å². The van der Waals surface area contributed by atoms with Crippen LogP contribution < -0.4 is 15.5 Å². The van der Waals surface area contributed by atoms with Gasteiger partial charge < -0.3 is 15.5 Å². The Labute approximate surface area is 176 Å². The molecule has 0 aromatic carbocycles. The van der Waals surface area contributed by atoms with Crippen LogP contribution in [0.4, 0.5) is 24.7 Å². The Morgan fingerprint density at radius 1 is 1.21 bits per heavy atom. The number of nitrogens with zero attached hydrogens (tertiary/aromatic N) is 3. The highest BCUT2D eigenvalue weighted by molar-refractivity contribution is 7.80. The van der Waals surface area contributed by atoms with Crippen LogP contribution >= 0.6 is 23.8 Å². The average molecular weight is 442 g/mol. The molecule has 154 valence electrons. The number of rotatable bonds is 3. The molecule has 1 unspecified atom stereocenters. The Bertz CT molecular complexity index is 881. The van der Waals surface area contributed by atoms with Crippen molar-refractivity contribution < 1.29 is 13.2 Å². The summed E-state index contributed by atoms with van der Waals surface area (Å²) in [5, 5.41) is 7.03. The summed E-state index contributed by atoms with van der Waals surface area (Å²) >= 11 is 11.6. The topological polar surface area (TPSA) is 53.1 Å². The smallest absolute Gasteiger partial charge is 0.360 e. The van der Waals surface area contributed by atoms with Crippen LogP contribution in [0.25, 0.3) is 0 Å². The van der Waals surface area contributed by atoms with E-state index in [-0.39, 0.29) is 23.1 Å². The molecule has 2 aliphatic heterocycles. The Hall–Kier alpha value is -2.13. The average Bonchev–Trinajstić information content (AvgIpc) is 2.92. The van der Waals surface area contributed by atoms with Gasteiger partial charge in [0.1, 0.15) is 5.82 Å². The Morgan fingerprint density at radius 3 is 2.52 bits per heavy atom. The van der Waals surface area contributed by atoms with Gasteiger partial charge in [-0.3, -0.25) is 4.98 Å². The first-order chi connectivity index (χ1) is 13.8. The van der Waals surface area contributed by atoms with Crippen molar-refractivity contribution in [3.8, 4) is 0 Å². The molecule has 2 aromatic heterocycles. The number of anilines is 2.